The Kier molecular flexibility index (Phi) is 4.70. The van der Waals surface area contributed by atoms with Gasteiger partial charge in [-0.25, -0.2) is 4.48 Å². The minimum Gasteiger partial charge on any atom is -0.467 e. The van der Waals surface area contributed by atoms with Crippen LogP contribution in [0.25, 0.3) is 5.57 Å². The van der Waals surface area contributed by atoms with Crippen LogP contribution in [0.3, 0.4) is 0 Å². The lowest BCUT2D eigenvalue weighted by Crippen LogP contribution is -2.50. The molecule has 0 aliphatic carbocycles. The van der Waals surface area contributed by atoms with Crippen molar-refractivity contribution in [1.82, 2.24) is 0 Å². The molecule has 1 aromatic carbocycles. The molecule has 4 nitrogen and oxygen atoms in total. The molecule has 0 unspecified atom stereocenters. The van der Waals surface area contributed by atoms with Crippen LogP contribution in [0.5, 0.6) is 0 Å². The quantitative estimate of drug-likeness (QED) is 0.624. The predicted octanol–water partition coefficient (Wildman–Crippen LogP) is 4.50. The van der Waals surface area contributed by atoms with E-state index >= 15 is 0 Å². The second-order valence-electron chi connectivity index (χ2n) is 9.21. The third-order valence-corrected chi connectivity index (χ3v) is 11.2. The van der Waals surface area contributed by atoms with E-state index in [2.05, 4.69) is 40.8 Å². The topological polar surface area (TPSA) is 46.5 Å². The molecule has 0 amide bonds. The summed E-state index contributed by atoms with van der Waals surface area (Å²) >= 11 is 0. The van der Waals surface area contributed by atoms with Crippen molar-refractivity contribution in [2.75, 3.05) is 13.1 Å². The number of fused-ring (bicyclic) bond motifs is 1. The maximum atomic E-state index is 13.2. The number of likely N-dealkylation sites (N-methyl/N-ethyl adjacent to an activating group) is 1. The molecule has 142 valence electrons. The van der Waals surface area contributed by atoms with Crippen LogP contribution >= 0.6 is 0 Å². The number of quaternary nitrogens is 1. The standard InChI is InChI=1S/C21H31NO3Si/c1-7-22-14-16(25-26(5,6)21(2,3)4)13-17(22)19(23)18(20(22)24)15-11-9-8-10-12-15/h8-12,16-17H,7,13-14H2,1-6H3/p+1/t16-,17+,22+/m0/s1. The van der Waals surface area contributed by atoms with Gasteiger partial charge in [-0.3, -0.25) is 4.79 Å². The summed E-state index contributed by atoms with van der Waals surface area (Å²) in [5, 5.41) is 11.2. The van der Waals surface area contributed by atoms with Crippen LogP contribution in [-0.2, 0) is 9.22 Å². The summed E-state index contributed by atoms with van der Waals surface area (Å²) in [4.78, 5) is 13.2. The van der Waals surface area contributed by atoms with E-state index in [0.717, 1.165) is 5.56 Å². The second kappa shape index (κ2) is 6.32. The largest absolute Gasteiger partial charge is 0.467 e. The Balaban J connectivity index is 1.93. The number of nitrogens with zero attached hydrogens (tertiary/aromatic N) is 1. The Bertz CT molecular complexity index is 735. The fourth-order valence-electron chi connectivity index (χ4n) is 4.14. The van der Waals surface area contributed by atoms with Crippen LogP contribution in [0.15, 0.2) is 36.2 Å². The minimum atomic E-state index is -1.91. The molecule has 26 heavy (non-hydrogen) atoms. The summed E-state index contributed by atoms with van der Waals surface area (Å²) in [6.07, 6.45) is 0.726. The highest BCUT2D eigenvalue weighted by atomic mass is 28.4. The Morgan fingerprint density at radius 2 is 1.85 bits per heavy atom. The zero-order chi connectivity index (χ0) is 19.3. The van der Waals surface area contributed by atoms with Gasteiger partial charge in [-0.1, -0.05) is 51.1 Å². The van der Waals surface area contributed by atoms with E-state index < -0.39 is 8.32 Å². The maximum Gasteiger partial charge on any atom is 0.301 e. The van der Waals surface area contributed by atoms with Gasteiger partial charge in [0.25, 0.3) is 0 Å². The van der Waals surface area contributed by atoms with Crippen molar-refractivity contribution in [3.05, 3.63) is 41.8 Å². The first kappa shape index (κ1) is 19.3. The molecule has 0 saturated carbocycles. The van der Waals surface area contributed by atoms with Gasteiger partial charge in [0.2, 0.25) is 5.78 Å². The maximum absolute atomic E-state index is 13.2. The lowest BCUT2D eigenvalue weighted by atomic mass is 9.99. The third kappa shape index (κ3) is 2.86. The molecule has 1 fully saturated rings. The van der Waals surface area contributed by atoms with E-state index in [1.54, 1.807) is 0 Å². The molecule has 0 radical (unpaired) electrons. The highest BCUT2D eigenvalue weighted by Crippen LogP contribution is 2.46. The summed E-state index contributed by atoms with van der Waals surface area (Å²) in [7, 11) is -1.91. The number of rotatable bonds is 4. The normalized spacial score (nSPS) is 29.4. The lowest BCUT2D eigenvalue weighted by molar-refractivity contribution is -0.903. The second-order valence-corrected chi connectivity index (χ2v) is 14.0. The van der Waals surface area contributed by atoms with Crippen LogP contribution in [0.4, 0.5) is 0 Å². The Morgan fingerprint density at radius 3 is 2.35 bits per heavy atom. The van der Waals surface area contributed by atoms with E-state index in [1.165, 1.54) is 0 Å². The van der Waals surface area contributed by atoms with Gasteiger partial charge in [0, 0.05) is 6.42 Å². The smallest absolute Gasteiger partial charge is 0.301 e. The monoisotopic (exact) mass is 374 g/mol. The first-order valence-corrected chi connectivity index (χ1v) is 12.5. The number of ketones is 1. The van der Waals surface area contributed by atoms with E-state index in [0.29, 0.717) is 29.6 Å². The molecule has 2 heterocycles. The van der Waals surface area contributed by atoms with Crippen molar-refractivity contribution in [2.24, 2.45) is 0 Å². The molecule has 2 aliphatic heterocycles. The predicted molar refractivity (Wildman–Crippen MR) is 107 cm³/mol. The highest BCUT2D eigenvalue weighted by Gasteiger charge is 2.61. The van der Waals surface area contributed by atoms with Crippen LogP contribution in [0.1, 0.15) is 39.7 Å². The number of aliphatic hydroxyl groups excluding tert-OH is 1. The van der Waals surface area contributed by atoms with Gasteiger partial charge in [-0.15, -0.1) is 0 Å². The summed E-state index contributed by atoms with van der Waals surface area (Å²) in [6, 6.07) is 9.33. The molecule has 1 aromatic rings. The number of aliphatic hydroxyl groups is 1. The summed E-state index contributed by atoms with van der Waals surface area (Å²) in [5.41, 5.74) is 1.32. The Labute approximate surface area is 158 Å². The number of hydrogen-bond acceptors (Lipinski definition) is 3. The Hall–Kier alpha value is -1.43. The van der Waals surface area contributed by atoms with Crippen molar-refractivity contribution in [3.63, 3.8) is 0 Å². The fourth-order valence-corrected chi connectivity index (χ4v) is 5.49. The molecule has 5 heteroatoms. The van der Waals surface area contributed by atoms with Crippen molar-refractivity contribution in [1.29, 1.82) is 0 Å². The van der Waals surface area contributed by atoms with Crippen molar-refractivity contribution >= 4 is 19.7 Å². The van der Waals surface area contributed by atoms with Crippen LogP contribution in [0, 0.1) is 0 Å². The number of hydrogen-bond donors (Lipinski definition) is 1. The van der Waals surface area contributed by atoms with Gasteiger partial charge in [-0.05, 0) is 30.6 Å². The summed E-state index contributed by atoms with van der Waals surface area (Å²) < 4.78 is 6.95. The zero-order valence-corrected chi connectivity index (χ0v) is 17.9. The van der Waals surface area contributed by atoms with Crippen molar-refractivity contribution in [3.8, 4) is 0 Å². The first-order valence-electron chi connectivity index (χ1n) is 9.61. The summed E-state index contributed by atoms with van der Waals surface area (Å²) in [6.45, 7) is 14.6. The average molecular weight is 375 g/mol. The van der Waals surface area contributed by atoms with Gasteiger partial charge >= 0.3 is 5.88 Å². The SMILES string of the molecule is CC[N@@+]12C[C@@H](O[Si](C)(C)C(C)(C)C)C[C@@H]1C(=O)C(c1ccccc1)=C2O. The van der Waals surface area contributed by atoms with Gasteiger partial charge in [0.05, 0.1) is 6.54 Å². The third-order valence-electron chi connectivity index (χ3n) is 6.70. The molecular weight excluding hydrogens is 342 g/mol. The van der Waals surface area contributed by atoms with Crippen molar-refractivity contribution in [2.45, 2.75) is 64.4 Å². The molecule has 0 spiro atoms. The molecule has 3 rings (SSSR count). The van der Waals surface area contributed by atoms with Gasteiger partial charge < -0.3 is 9.53 Å². The van der Waals surface area contributed by atoms with Crippen molar-refractivity contribution < 1.29 is 18.8 Å². The van der Waals surface area contributed by atoms with E-state index in [-0.39, 0.29) is 28.9 Å². The molecule has 0 aromatic heterocycles. The Morgan fingerprint density at radius 1 is 1.23 bits per heavy atom. The zero-order valence-electron chi connectivity index (χ0n) is 16.9. The summed E-state index contributed by atoms with van der Waals surface area (Å²) in [5.74, 6) is 0.298. The highest BCUT2D eigenvalue weighted by molar-refractivity contribution is 6.74. The van der Waals surface area contributed by atoms with Crippen LogP contribution in [0.2, 0.25) is 18.1 Å². The minimum absolute atomic E-state index is 0.0317. The number of carbonyl (C=O) groups is 1. The molecule has 0 bridgehead atoms. The molecular formula is C21H32NO3Si+. The van der Waals surface area contributed by atoms with Gasteiger partial charge in [0.1, 0.15) is 18.2 Å². The van der Waals surface area contributed by atoms with Gasteiger partial charge in [-0.2, -0.15) is 0 Å². The molecule has 1 N–H and O–H groups in total. The molecule has 1 saturated heterocycles. The van der Waals surface area contributed by atoms with E-state index in [1.807, 2.05) is 30.3 Å². The number of benzene rings is 1. The lowest BCUT2D eigenvalue weighted by Gasteiger charge is -2.38. The average Bonchev–Trinajstić information content (AvgIpc) is 3.01. The van der Waals surface area contributed by atoms with Crippen LogP contribution < -0.4 is 0 Å². The van der Waals surface area contributed by atoms with Crippen LogP contribution in [-0.4, -0.2) is 48.9 Å². The number of Topliss-reactive ketones (excluding diaryl/α,β-unsaturated/α-hetero) is 1. The molecule has 3 atom stereocenters. The van der Waals surface area contributed by atoms with Gasteiger partial charge in [0.15, 0.2) is 14.4 Å². The fraction of sp³-hybridized carbons (Fsp3) is 0.571. The number of carbonyl (C=O) groups excluding carboxylic acids is 1. The van der Waals surface area contributed by atoms with E-state index in [9.17, 15) is 9.90 Å². The van der Waals surface area contributed by atoms with E-state index in [4.69, 9.17) is 4.43 Å². The first-order chi connectivity index (χ1) is 12.0. The molecule has 2 aliphatic rings.